The Bertz CT molecular complexity index is 628. The summed E-state index contributed by atoms with van der Waals surface area (Å²) in [4.78, 5) is -0.220. The second-order valence-electron chi connectivity index (χ2n) is 4.92. The summed E-state index contributed by atoms with van der Waals surface area (Å²) in [7, 11) is -3.70. The number of hydrogen-bond donors (Lipinski definition) is 2. The van der Waals surface area contributed by atoms with Crippen LogP contribution in [0.2, 0.25) is 0 Å². The van der Waals surface area contributed by atoms with Crippen molar-refractivity contribution in [1.29, 1.82) is 0 Å². The van der Waals surface area contributed by atoms with Crippen LogP contribution in [0.4, 0.5) is 4.39 Å². The molecule has 0 spiro atoms. The number of rotatable bonds is 6. The molecule has 1 unspecified atom stereocenters. The van der Waals surface area contributed by atoms with Crippen molar-refractivity contribution in [2.45, 2.75) is 17.7 Å². The van der Waals surface area contributed by atoms with Crippen molar-refractivity contribution in [3.8, 4) is 0 Å². The molecule has 1 aromatic rings. The van der Waals surface area contributed by atoms with E-state index in [1.165, 1.54) is 6.07 Å². The molecule has 0 amide bonds. The van der Waals surface area contributed by atoms with E-state index in [4.69, 9.17) is 22.7 Å². The maximum absolute atomic E-state index is 13.5. The first-order valence-electron chi connectivity index (χ1n) is 6.57. The Labute approximate surface area is 128 Å². The molecular weight excluding hydrogens is 315 g/mol. The largest absolute Gasteiger partial charge is 0.389 e. The second kappa shape index (κ2) is 6.78. The van der Waals surface area contributed by atoms with E-state index < -0.39 is 15.8 Å². The average molecular weight is 332 g/mol. The summed E-state index contributed by atoms with van der Waals surface area (Å²) in [6.07, 6.45) is 1.66. The summed E-state index contributed by atoms with van der Waals surface area (Å²) in [6.45, 7) is 1.71. The molecule has 1 aliphatic rings. The van der Waals surface area contributed by atoms with Crippen LogP contribution in [0.3, 0.4) is 0 Å². The topological polar surface area (TPSA) is 81.4 Å². The van der Waals surface area contributed by atoms with Gasteiger partial charge in [0.05, 0.1) is 4.90 Å². The Hall–Kier alpha value is -1.09. The third kappa shape index (κ3) is 4.19. The van der Waals surface area contributed by atoms with Crippen LogP contribution in [0, 0.1) is 11.7 Å². The molecule has 1 fully saturated rings. The fraction of sp³-hybridized carbons (Fsp3) is 0.462. The van der Waals surface area contributed by atoms with Gasteiger partial charge in [-0.05, 0) is 37.0 Å². The number of hydrogen-bond acceptors (Lipinski definition) is 4. The zero-order valence-corrected chi connectivity index (χ0v) is 13.0. The third-order valence-corrected chi connectivity index (χ3v) is 5.06. The molecule has 3 N–H and O–H groups in total. The molecule has 0 aliphatic carbocycles. The van der Waals surface area contributed by atoms with Crippen molar-refractivity contribution in [3.63, 3.8) is 0 Å². The lowest BCUT2D eigenvalue weighted by molar-refractivity contribution is 0.184. The lowest BCUT2D eigenvalue weighted by atomic mass is 10.1. The van der Waals surface area contributed by atoms with Crippen molar-refractivity contribution in [2.75, 3.05) is 19.8 Å². The van der Waals surface area contributed by atoms with Crippen LogP contribution >= 0.6 is 12.2 Å². The van der Waals surface area contributed by atoms with Crippen molar-refractivity contribution in [1.82, 2.24) is 4.72 Å². The van der Waals surface area contributed by atoms with Crippen molar-refractivity contribution < 1.29 is 17.5 Å². The molecule has 5 nitrogen and oxygen atoms in total. The number of nitrogens with two attached hydrogens (primary N) is 1. The summed E-state index contributed by atoms with van der Waals surface area (Å²) < 4.78 is 45.5. The summed E-state index contributed by atoms with van der Waals surface area (Å²) in [5.41, 5.74) is 5.30. The highest BCUT2D eigenvalue weighted by molar-refractivity contribution is 7.89. The predicted molar refractivity (Wildman–Crippen MR) is 81.0 cm³/mol. The minimum Gasteiger partial charge on any atom is -0.389 e. The van der Waals surface area contributed by atoms with E-state index in [1.54, 1.807) is 0 Å². The highest BCUT2D eigenvalue weighted by atomic mass is 32.2. The summed E-state index contributed by atoms with van der Waals surface area (Å²) in [5, 5.41) is 0. The predicted octanol–water partition coefficient (Wildman–Crippen LogP) is 1.16. The highest BCUT2D eigenvalue weighted by Crippen LogP contribution is 2.17. The molecule has 21 heavy (non-hydrogen) atoms. The Morgan fingerprint density at radius 3 is 2.90 bits per heavy atom. The summed E-state index contributed by atoms with van der Waals surface area (Å²) >= 11 is 4.70. The van der Waals surface area contributed by atoms with Crippen LogP contribution in [0.1, 0.15) is 18.4 Å². The van der Waals surface area contributed by atoms with Crippen LogP contribution in [-0.2, 0) is 14.8 Å². The average Bonchev–Trinajstić information content (AvgIpc) is 2.91. The van der Waals surface area contributed by atoms with E-state index in [2.05, 4.69) is 4.72 Å². The van der Waals surface area contributed by atoms with Gasteiger partial charge in [-0.15, -0.1) is 0 Å². The number of ether oxygens (including phenoxy) is 1. The summed E-state index contributed by atoms with van der Waals surface area (Å²) in [6, 6.07) is 3.39. The number of benzene rings is 1. The molecular formula is C13H17FN2O3S2. The normalized spacial score (nSPS) is 18.8. The van der Waals surface area contributed by atoms with Gasteiger partial charge in [-0.3, -0.25) is 0 Å². The first kappa shape index (κ1) is 16.3. The van der Waals surface area contributed by atoms with Gasteiger partial charge in [0.15, 0.2) is 0 Å². The van der Waals surface area contributed by atoms with Crippen molar-refractivity contribution in [2.24, 2.45) is 11.7 Å². The van der Waals surface area contributed by atoms with E-state index in [0.717, 1.165) is 25.2 Å². The minimum atomic E-state index is -3.70. The lowest BCUT2D eigenvalue weighted by Crippen LogP contribution is -2.27. The molecule has 1 atom stereocenters. The van der Waals surface area contributed by atoms with E-state index in [9.17, 15) is 12.8 Å². The van der Waals surface area contributed by atoms with Crippen LogP contribution in [0.5, 0.6) is 0 Å². The molecule has 0 aromatic heterocycles. The first-order chi connectivity index (χ1) is 9.90. The van der Waals surface area contributed by atoms with Gasteiger partial charge in [0, 0.05) is 25.3 Å². The van der Waals surface area contributed by atoms with Gasteiger partial charge in [0.2, 0.25) is 10.0 Å². The van der Waals surface area contributed by atoms with Crippen LogP contribution in [-0.4, -0.2) is 33.2 Å². The number of halogens is 1. The molecule has 0 radical (unpaired) electrons. The van der Waals surface area contributed by atoms with Gasteiger partial charge in [-0.2, -0.15) is 0 Å². The Morgan fingerprint density at radius 2 is 2.29 bits per heavy atom. The quantitative estimate of drug-likeness (QED) is 0.764. The van der Waals surface area contributed by atoms with E-state index in [-0.39, 0.29) is 15.4 Å². The van der Waals surface area contributed by atoms with Gasteiger partial charge in [-0.25, -0.2) is 17.5 Å². The van der Waals surface area contributed by atoms with Gasteiger partial charge >= 0.3 is 0 Å². The number of nitrogens with one attached hydrogen (secondary N) is 1. The summed E-state index contributed by atoms with van der Waals surface area (Å²) in [5.74, 6) is -0.252. The molecule has 116 valence electrons. The maximum atomic E-state index is 13.5. The van der Waals surface area contributed by atoms with Gasteiger partial charge in [0.1, 0.15) is 10.8 Å². The zero-order valence-electron chi connectivity index (χ0n) is 11.3. The van der Waals surface area contributed by atoms with Crippen LogP contribution < -0.4 is 10.5 Å². The zero-order chi connectivity index (χ0) is 15.5. The van der Waals surface area contributed by atoms with Crippen molar-refractivity contribution in [3.05, 3.63) is 29.6 Å². The molecule has 1 heterocycles. The first-order valence-corrected chi connectivity index (χ1v) is 8.46. The van der Waals surface area contributed by atoms with E-state index >= 15 is 0 Å². The van der Waals surface area contributed by atoms with Gasteiger partial charge in [0.25, 0.3) is 0 Å². The Morgan fingerprint density at radius 1 is 1.52 bits per heavy atom. The number of sulfonamides is 1. The van der Waals surface area contributed by atoms with E-state index in [1.807, 2.05) is 0 Å². The van der Waals surface area contributed by atoms with Crippen molar-refractivity contribution >= 4 is 27.2 Å². The molecule has 1 saturated heterocycles. The standard InChI is InChI=1S/C13H17FN2O3S2/c14-12-2-1-10(7-11(12)13(15)20)21(17,18)16-5-3-9-4-6-19-8-9/h1-2,7,9,16H,3-6,8H2,(H2,15,20). The van der Waals surface area contributed by atoms with Gasteiger partial charge < -0.3 is 10.5 Å². The molecule has 8 heteroatoms. The SMILES string of the molecule is NC(=S)c1cc(S(=O)(=O)NCCC2CCOC2)ccc1F. The van der Waals surface area contributed by atoms with Crippen LogP contribution in [0.25, 0.3) is 0 Å². The lowest BCUT2D eigenvalue weighted by Gasteiger charge is -2.10. The minimum absolute atomic E-state index is 0.0469. The Balaban J connectivity index is 2.04. The third-order valence-electron chi connectivity index (χ3n) is 3.38. The molecule has 0 saturated carbocycles. The molecule has 2 rings (SSSR count). The monoisotopic (exact) mass is 332 g/mol. The molecule has 1 aromatic carbocycles. The fourth-order valence-corrected chi connectivity index (χ4v) is 3.38. The van der Waals surface area contributed by atoms with Gasteiger partial charge in [-0.1, -0.05) is 12.2 Å². The Kier molecular flexibility index (Phi) is 5.26. The van der Waals surface area contributed by atoms with Crippen LogP contribution in [0.15, 0.2) is 23.1 Å². The fourth-order valence-electron chi connectivity index (χ4n) is 2.15. The maximum Gasteiger partial charge on any atom is 0.240 e. The molecule has 0 bridgehead atoms. The van der Waals surface area contributed by atoms with E-state index in [0.29, 0.717) is 25.5 Å². The second-order valence-corrected chi connectivity index (χ2v) is 7.13. The number of thiocarbonyl (C=S) groups is 1. The highest BCUT2D eigenvalue weighted by Gasteiger charge is 2.19. The smallest absolute Gasteiger partial charge is 0.240 e. The molecule has 1 aliphatic heterocycles.